The summed E-state index contributed by atoms with van der Waals surface area (Å²) in [5.74, 6) is 0.713. The minimum Gasteiger partial charge on any atom is -0.476 e. The number of carbonyl (C=O) groups is 2. The summed E-state index contributed by atoms with van der Waals surface area (Å²) >= 11 is 0. The standard InChI is InChI=1S/C20H19N7O.C11H14N4.C9H7N3O2/c28-20(17-14-27(24-23-17)16-5-2-1-3-6-16)22-15-8-11-26(13-15)19-18-7-4-10-25(18)12-9-21-19;12-9-3-6-15(8-9)11-10-2-1-5-14(10)7-4-13-11;13-9(14)8-6-12(11-10-8)7-4-2-1-3-5-7/h1-7,9-10,12,14-15H,8,11,13H2,(H,22,28);1-2,4-5,7,9H,3,6,8,12H2;1-6H,(H,13,14)/t15-;9-;/m00./s1. The van der Waals surface area contributed by atoms with Gasteiger partial charge in [0.15, 0.2) is 23.0 Å². The Kier molecular flexibility index (Phi) is 10.6. The number of nitrogens with two attached hydrogens (primary N) is 1. The number of carboxylic acids is 1. The Morgan fingerprint density at radius 2 is 1.18 bits per heavy atom. The van der Waals surface area contributed by atoms with E-state index in [2.05, 4.69) is 66.6 Å². The van der Waals surface area contributed by atoms with Gasteiger partial charge in [0.25, 0.3) is 5.91 Å². The molecule has 0 unspecified atom stereocenters. The molecule has 17 nitrogen and oxygen atoms in total. The summed E-state index contributed by atoms with van der Waals surface area (Å²) in [6, 6.07) is 27.3. The fraction of sp³-hybridized carbons (Fsp3) is 0.200. The quantitative estimate of drug-likeness (QED) is 0.213. The number of hydrogen-bond donors (Lipinski definition) is 3. The van der Waals surface area contributed by atoms with Crippen molar-refractivity contribution in [3.05, 3.63) is 146 Å². The lowest BCUT2D eigenvalue weighted by atomic mass is 10.2. The molecule has 57 heavy (non-hydrogen) atoms. The molecule has 2 saturated heterocycles. The van der Waals surface area contributed by atoms with Crippen LogP contribution in [0.5, 0.6) is 0 Å². The topological polar surface area (TPSA) is 195 Å². The lowest BCUT2D eigenvalue weighted by Crippen LogP contribution is -2.37. The Labute approximate surface area is 326 Å². The van der Waals surface area contributed by atoms with Crippen LogP contribution in [0.15, 0.2) is 135 Å². The van der Waals surface area contributed by atoms with Crippen molar-refractivity contribution in [2.45, 2.75) is 24.9 Å². The maximum atomic E-state index is 12.6. The summed E-state index contributed by atoms with van der Waals surface area (Å²) in [4.78, 5) is 36.6. The van der Waals surface area contributed by atoms with E-state index >= 15 is 0 Å². The van der Waals surface area contributed by atoms with Gasteiger partial charge in [-0.2, -0.15) is 0 Å². The van der Waals surface area contributed by atoms with Crippen molar-refractivity contribution in [1.82, 2.24) is 54.1 Å². The molecule has 0 aliphatic carbocycles. The van der Waals surface area contributed by atoms with Crippen molar-refractivity contribution in [3.8, 4) is 11.4 Å². The summed E-state index contributed by atoms with van der Waals surface area (Å²) in [5.41, 5.74) is 10.0. The second-order valence-corrected chi connectivity index (χ2v) is 13.6. The average Bonchev–Trinajstić information content (AvgIpc) is 4.10. The number of aromatic carboxylic acids is 1. The molecule has 2 fully saturated rings. The second-order valence-electron chi connectivity index (χ2n) is 13.6. The smallest absolute Gasteiger partial charge is 0.358 e. The molecule has 288 valence electrons. The zero-order chi connectivity index (χ0) is 39.1. The number of aromatic nitrogens is 10. The van der Waals surface area contributed by atoms with Crippen LogP contribution >= 0.6 is 0 Å². The van der Waals surface area contributed by atoms with Crippen molar-refractivity contribution in [2.24, 2.45) is 5.73 Å². The van der Waals surface area contributed by atoms with Crippen LogP contribution in [0.1, 0.15) is 33.8 Å². The van der Waals surface area contributed by atoms with E-state index in [1.165, 1.54) is 10.9 Å². The van der Waals surface area contributed by atoms with Crippen molar-refractivity contribution in [3.63, 3.8) is 0 Å². The number of para-hydroxylation sites is 2. The predicted molar refractivity (Wildman–Crippen MR) is 213 cm³/mol. The minimum absolute atomic E-state index is 0.0476. The summed E-state index contributed by atoms with van der Waals surface area (Å²) in [6.45, 7) is 3.49. The number of amides is 1. The van der Waals surface area contributed by atoms with Crippen LogP contribution in [0.2, 0.25) is 0 Å². The number of carbonyl (C=O) groups excluding carboxylic acids is 1. The number of nitrogens with zero attached hydrogens (tertiary/aromatic N) is 12. The number of nitrogens with one attached hydrogen (secondary N) is 1. The predicted octanol–water partition coefficient (Wildman–Crippen LogP) is 3.76. The lowest BCUT2D eigenvalue weighted by molar-refractivity contribution is 0.0690. The molecule has 2 aliphatic heterocycles. The first kappa shape index (κ1) is 36.6. The summed E-state index contributed by atoms with van der Waals surface area (Å²) in [5, 5.41) is 27.0. The van der Waals surface area contributed by atoms with Crippen LogP contribution in [0.4, 0.5) is 11.6 Å². The summed E-state index contributed by atoms with van der Waals surface area (Å²) in [7, 11) is 0. The van der Waals surface area contributed by atoms with Crippen molar-refractivity contribution in [2.75, 3.05) is 36.0 Å². The van der Waals surface area contributed by atoms with Crippen LogP contribution in [-0.4, -0.2) is 104 Å². The molecule has 0 spiro atoms. The van der Waals surface area contributed by atoms with Crippen LogP contribution in [0, 0.1) is 0 Å². The molecule has 0 saturated carbocycles. The third-order valence-electron chi connectivity index (χ3n) is 9.69. The van der Waals surface area contributed by atoms with Gasteiger partial charge in [-0.1, -0.05) is 46.8 Å². The zero-order valence-electron chi connectivity index (χ0n) is 30.8. The Bertz CT molecular complexity index is 2580. The van der Waals surface area contributed by atoms with Gasteiger partial charge in [-0.05, 0) is 61.4 Å². The van der Waals surface area contributed by atoms with Crippen LogP contribution in [0.3, 0.4) is 0 Å². The third-order valence-corrected chi connectivity index (χ3v) is 9.69. The number of benzene rings is 2. The fourth-order valence-electron chi connectivity index (χ4n) is 6.85. The van der Waals surface area contributed by atoms with Crippen molar-refractivity contribution >= 4 is 34.5 Å². The highest BCUT2D eigenvalue weighted by atomic mass is 16.4. The van der Waals surface area contributed by atoms with E-state index in [-0.39, 0.29) is 17.6 Å². The van der Waals surface area contributed by atoms with E-state index < -0.39 is 5.97 Å². The number of carboxylic acid groups (broad SMARTS) is 1. The monoisotopic (exact) mass is 764 g/mol. The van der Waals surface area contributed by atoms with Gasteiger partial charge in [-0.15, -0.1) is 10.2 Å². The summed E-state index contributed by atoms with van der Waals surface area (Å²) in [6.07, 6.45) is 16.5. The van der Waals surface area contributed by atoms with Gasteiger partial charge in [0.05, 0.1) is 34.8 Å². The van der Waals surface area contributed by atoms with Gasteiger partial charge in [0.2, 0.25) is 0 Å². The van der Waals surface area contributed by atoms with Gasteiger partial charge in [0.1, 0.15) is 0 Å². The molecule has 8 heterocycles. The highest BCUT2D eigenvalue weighted by Crippen LogP contribution is 2.24. The minimum atomic E-state index is -1.08. The van der Waals surface area contributed by atoms with Gasteiger partial charge in [0, 0.05) is 75.4 Å². The number of hydrogen-bond acceptors (Lipinski definition) is 11. The van der Waals surface area contributed by atoms with Gasteiger partial charge < -0.3 is 34.8 Å². The normalized spacial score (nSPS) is 16.2. The van der Waals surface area contributed by atoms with Gasteiger partial charge in [-0.25, -0.2) is 24.1 Å². The number of anilines is 2. The Balaban J connectivity index is 0.000000132. The molecule has 2 aliphatic rings. The Morgan fingerprint density at radius 3 is 1.70 bits per heavy atom. The maximum absolute atomic E-state index is 12.6. The Hall–Kier alpha value is -7.40. The molecular weight excluding hydrogens is 725 g/mol. The van der Waals surface area contributed by atoms with Crippen LogP contribution in [-0.2, 0) is 0 Å². The third kappa shape index (κ3) is 8.32. The van der Waals surface area contributed by atoms with E-state index in [1.807, 2.05) is 104 Å². The molecule has 0 bridgehead atoms. The molecule has 0 radical (unpaired) electrons. The van der Waals surface area contributed by atoms with E-state index in [9.17, 15) is 9.59 Å². The highest BCUT2D eigenvalue weighted by Gasteiger charge is 2.27. The molecule has 6 aromatic heterocycles. The van der Waals surface area contributed by atoms with Crippen molar-refractivity contribution < 1.29 is 14.7 Å². The zero-order valence-corrected chi connectivity index (χ0v) is 30.8. The van der Waals surface area contributed by atoms with Crippen LogP contribution < -0.4 is 20.9 Å². The average molecular weight is 765 g/mol. The second kappa shape index (κ2) is 16.5. The largest absolute Gasteiger partial charge is 0.476 e. The first-order valence-corrected chi connectivity index (χ1v) is 18.5. The van der Waals surface area contributed by atoms with Crippen molar-refractivity contribution in [1.29, 1.82) is 0 Å². The van der Waals surface area contributed by atoms with Gasteiger partial charge >= 0.3 is 5.97 Å². The van der Waals surface area contributed by atoms with E-state index in [0.717, 1.165) is 73.1 Å². The fourth-order valence-corrected chi connectivity index (χ4v) is 6.85. The molecule has 2 aromatic carbocycles. The lowest BCUT2D eigenvalue weighted by Gasteiger charge is -2.18. The molecule has 1 amide bonds. The maximum Gasteiger partial charge on any atom is 0.358 e. The van der Waals surface area contributed by atoms with E-state index in [1.54, 1.807) is 17.1 Å². The summed E-state index contributed by atoms with van der Waals surface area (Å²) < 4.78 is 7.17. The number of fused-ring (bicyclic) bond motifs is 2. The van der Waals surface area contributed by atoms with Gasteiger partial charge in [-0.3, -0.25) is 4.79 Å². The first-order valence-electron chi connectivity index (χ1n) is 18.5. The van der Waals surface area contributed by atoms with Crippen LogP contribution in [0.25, 0.3) is 22.4 Å². The Morgan fingerprint density at radius 1 is 0.649 bits per heavy atom. The van der Waals surface area contributed by atoms with E-state index in [0.29, 0.717) is 11.7 Å². The van der Waals surface area contributed by atoms with E-state index in [4.69, 9.17) is 10.8 Å². The molecule has 8 aromatic rings. The molecule has 2 atom stereocenters. The molecule has 4 N–H and O–H groups in total. The SMILES string of the molecule is N[C@H]1CCN(c2nccn3cccc23)C1.O=C(N[C@H]1CCN(c2nccn3cccc23)C1)c1cn(-c2ccccc2)nn1.O=C(O)c1cn(-c2ccccc2)nn1. The molecule has 17 heteroatoms. The number of rotatable bonds is 7. The highest BCUT2D eigenvalue weighted by molar-refractivity contribution is 5.92. The molecule has 10 rings (SSSR count). The first-order chi connectivity index (χ1) is 27.9. The molecular formula is C40H40N14O3.